The van der Waals surface area contributed by atoms with Gasteiger partial charge in [0, 0.05) is 29.6 Å². The van der Waals surface area contributed by atoms with Crippen molar-refractivity contribution in [2.45, 2.75) is 6.92 Å². The maximum absolute atomic E-state index is 11.9. The fourth-order valence-electron chi connectivity index (χ4n) is 1.75. The van der Waals surface area contributed by atoms with Crippen molar-refractivity contribution in [1.29, 1.82) is 0 Å². The van der Waals surface area contributed by atoms with E-state index in [0.29, 0.717) is 16.5 Å². The minimum Gasteiger partial charge on any atom is -0.495 e. The van der Waals surface area contributed by atoms with E-state index in [1.54, 1.807) is 30.6 Å². The number of hydrogen-bond acceptors (Lipinski definition) is 3. The third-order valence-electron chi connectivity index (χ3n) is 2.87. The van der Waals surface area contributed by atoms with E-state index in [1.165, 1.54) is 13.2 Å². The van der Waals surface area contributed by atoms with Crippen LogP contribution in [0.1, 0.15) is 11.1 Å². The lowest BCUT2D eigenvalue weighted by molar-refractivity contribution is -0.111. The molecule has 4 nitrogen and oxygen atoms in total. The Labute approximate surface area is 128 Å². The third kappa shape index (κ3) is 4.07. The fourth-order valence-corrected chi connectivity index (χ4v) is 1.90. The van der Waals surface area contributed by atoms with Gasteiger partial charge in [0.15, 0.2) is 0 Å². The van der Waals surface area contributed by atoms with E-state index in [9.17, 15) is 4.79 Å². The second kappa shape index (κ2) is 6.90. The van der Waals surface area contributed by atoms with E-state index in [-0.39, 0.29) is 5.91 Å². The molecular weight excluding hydrogens is 288 g/mol. The number of anilines is 1. The van der Waals surface area contributed by atoms with Crippen molar-refractivity contribution in [2.24, 2.45) is 0 Å². The Bertz CT molecular complexity index is 669. The molecule has 108 valence electrons. The van der Waals surface area contributed by atoms with Crippen molar-refractivity contribution in [2.75, 3.05) is 12.4 Å². The molecule has 2 aromatic rings. The number of amides is 1. The number of pyridine rings is 1. The molecule has 0 saturated carbocycles. The standard InChI is InChI=1S/C16H15ClN2O2/c1-11-9-14(15(21-2)10-13(11)17)19-16(20)4-3-12-5-7-18-8-6-12/h3-10H,1-2H3,(H,19,20)/b4-3+. The molecular formula is C16H15ClN2O2. The van der Waals surface area contributed by atoms with E-state index in [1.807, 2.05) is 19.1 Å². The summed E-state index contributed by atoms with van der Waals surface area (Å²) >= 11 is 6.03. The Kier molecular flexibility index (Phi) is 4.95. The predicted molar refractivity (Wildman–Crippen MR) is 84.6 cm³/mol. The molecule has 1 N–H and O–H groups in total. The van der Waals surface area contributed by atoms with Gasteiger partial charge in [0.05, 0.1) is 12.8 Å². The van der Waals surface area contributed by atoms with Crippen LogP contribution in [0.15, 0.2) is 42.7 Å². The van der Waals surface area contributed by atoms with Crippen LogP contribution in [0.2, 0.25) is 5.02 Å². The monoisotopic (exact) mass is 302 g/mol. The Morgan fingerprint density at radius 1 is 1.33 bits per heavy atom. The van der Waals surface area contributed by atoms with E-state index in [4.69, 9.17) is 16.3 Å². The molecule has 0 aliphatic heterocycles. The lowest BCUT2D eigenvalue weighted by Gasteiger charge is -2.11. The van der Waals surface area contributed by atoms with E-state index >= 15 is 0 Å². The van der Waals surface area contributed by atoms with Gasteiger partial charge in [0.2, 0.25) is 5.91 Å². The Morgan fingerprint density at radius 3 is 2.71 bits per heavy atom. The van der Waals surface area contributed by atoms with Gasteiger partial charge in [-0.15, -0.1) is 0 Å². The van der Waals surface area contributed by atoms with Gasteiger partial charge in [-0.25, -0.2) is 0 Å². The van der Waals surface area contributed by atoms with Gasteiger partial charge < -0.3 is 10.1 Å². The molecule has 0 bridgehead atoms. The molecule has 1 amide bonds. The zero-order chi connectivity index (χ0) is 15.2. The molecule has 1 aromatic heterocycles. The average Bonchev–Trinajstić information content (AvgIpc) is 2.49. The molecule has 2 rings (SSSR count). The van der Waals surface area contributed by atoms with Gasteiger partial charge in [-0.1, -0.05) is 11.6 Å². The normalized spacial score (nSPS) is 10.6. The number of nitrogens with one attached hydrogen (secondary N) is 1. The Hall–Kier alpha value is -2.33. The number of aromatic nitrogens is 1. The predicted octanol–water partition coefficient (Wildman–Crippen LogP) is 3.70. The summed E-state index contributed by atoms with van der Waals surface area (Å²) in [5, 5.41) is 3.37. The topological polar surface area (TPSA) is 51.2 Å². The molecule has 0 aliphatic rings. The van der Waals surface area contributed by atoms with Crippen LogP contribution in [0.5, 0.6) is 5.75 Å². The number of methoxy groups -OCH3 is 1. The van der Waals surface area contributed by atoms with Crippen LogP contribution in [-0.2, 0) is 4.79 Å². The van der Waals surface area contributed by atoms with Crippen molar-refractivity contribution in [1.82, 2.24) is 4.98 Å². The molecule has 21 heavy (non-hydrogen) atoms. The number of halogens is 1. The summed E-state index contributed by atoms with van der Waals surface area (Å²) < 4.78 is 5.21. The van der Waals surface area contributed by atoms with Crippen LogP contribution in [0, 0.1) is 6.92 Å². The summed E-state index contributed by atoms with van der Waals surface area (Å²) in [6, 6.07) is 7.09. The highest BCUT2D eigenvalue weighted by molar-refractivity contribution is 6.31. The maximum atomic E-state index is 11.9. The number of rotatable bonds is 4. The highest BCUT2D eigenvalue weighted by Gasteiger charge is 2.08. The molecule has 0 radical (unpaired) electrons. The SMILES string of the molecule is COc1cc(Cl)c(C)cc1NC(=O)/C=C/c1ccncc1. The van der Waals surface area contributed by atoms with Crippen molar-refractivity contribution in [3.63, 3.8) is 0 Å². The summed E-state index contributed by atoms with van der Waals surface area (Å²) in [6.45, 7) is 1.87. The average molecular weight is 303 g/mol. The van der Waals surface area contributed by atoms with Gasteiger partial charge in [-0.3, -0.25) is 9.78 Å². The summed E-state index contributed by atoms with van der Waals surface area (Å²) in [4.78, 5) is 15.9. The Morgan fingerprint density at radius 2 is 2.05 bits per heavy atom. The van der Waals surface area contributed by atoms with E-state index in [2.05, 4.69) is 10.3 Å². The first-order chi connectivity index (χ1) is 10.1. The number of nitrogens with zero attached hydrogens (tertiary/aromatic N) is 1. The number of aryl methyl sites for hydroxylation is 1. The summed E-state index contributed by atoms with van der Waals surface area (Å²) in [5.41, 5.74) is 2.36. The second-order valence-corrected chi connectivity index (χ2v) is 4.81. The molecule has 1 heterocycles. The molecule has 5 heteroatoms. The second-order valence-electron chi connectivity index (χ2n) is 4.40. The largest absolute Gasteiger partial charge is 0.495 e. The first-order valence-corrected chi connectivity index (χ1v) is 6.71. The molecule has 0 atom stereocenters. The van der Waals surface area contributed by atoms with Crippen LogP contribution in [0.4, 0.5) is 5.69 Å². The minimum absolute atomic E-state index is 0.244. The smallest absolute Gasteiger partial charge is 0.248 e. The molecule has 0 unspecified atom stereocenters. The van der Waals surface area contributed by atoms with Crippen LogP contribution < -0.4 is 10.1 Å². The molecule has 0 fully saturated rings. The highest BCUT2D eigenvalue weighted by Crippen LogP contribution is 2.30. The third-order valence-corrected chi connectivity index (χ3v) is 3.28. The Balaban J connectivity index is 2.13. The summed E-state index contributed by atoms with van der Waals surface area (Å²) in [5.74, 6) is 0.281. The van der Waals surface area contributed by atoms with Crippen molar-refractivity contribution < 1.29 is 9.53 Å². The number of ether oxygens (including phenoxy) is 1. The van der Waals surface area contributed by atoms with Crippen molar-refractivity contribution in [3.8, 4) is 5.75 Å². The van der Waals surface area contributed by atoms with Crippen LogP contribution in [-0.4, -0.2) is 18.0 Å². The zero-order valence-corrected chi connectivity index (χ0v) is 12.5. The van der Waals surface area contributed by atoms with Crippen LogP contribution >= 0.6 is 11.6 Å². The maximum Gasteiger partial charge on any atom is 0.248 e. The van der Waals surface area contributed by atoms with Gasteiger partial charge in [0.1, 0.15) is 5.75 Å². The van der Waals surface area contributed by atoms with Gasteiger partial charge >= 0.3 is 0 Å². The molecule has 0 saturated heterocycles. The lowest BCUT2D eigenvalue weighted by Crippen LogP contribution is -2.09. The molecule has 1 aromatic carbocycles. The van der Waals surface area contributed by atoms with Crippen molar-refractivity contribution >= 4 is 29.3 Å². The molecule has 0 aliphatic carbocycles. The molecule has 0 spiro atoms. The number of carbonyl (C=O) groups excluding carboxylic acids is 1. The zero-order valence-electron chi connectivity index (χ0n) is 11.8. The van der Waals surface area contributed by atoms with Crippen LogP contribution in [0.3, 0.4) is 0 Å². The van der Waals surface area contributed by atoms with E-state index in [0.717, 1.165) is 11.1 Å². The number of carbonyl (C=O) groups is 1. The van der Waals surface area contributed by atoms with Crippen LogP contribution in [0.25, 0.3) is 6.08 Å². The highest BCUT2D eigenvalue weighted by atomic mass is 35.5. The fraction of sp³-hybridized carbons (Fsp3) is 0.125. The minimum atomic E-state index is -0.244. The lowest BCUT2D eigenvalue weighted by atomic mass is 10.2. The quantitative estimate of drug-likeness (QED) is 0.876. The van der Waals surface area contributed by atoms with Gasteiger partial charge in [0.25, 0.3) is 0 Å². The van der Waals surface area contributed by atoms with E-state index < -0.39 is 0 Å². The van der Waals surface area contributed by atoms with Crippen molar-refractivity contribution in [3.05, 3.63) is 58.9 Å². The first kappa shape index (κ1) is 15.1. The summed E-state index contributed by atoms with van der Waals surface area (Å²) in [6.07, 6.45) is 6.51. The first-order valence-electron chi connectivity index (χ1n) is 6.33. The number of hydrogen-bond donors (Lipinski definition) is 1. The van der Waals surface area contributed by atoms with Gasteiger partial charge in [-0.05, 0) is 42.3 Å². The van der Waals surface area contributed by atoms with Gasteiger partial charge in [-0.2, -0.15) is 0 Å². The number of benzene rings is 1. The summed E-state index contributed by atoms with van der Waals surface area (Å²) in [7, 11) is 1.53.